The Balaban J connectivity index is 2.03. The predicted octanol–water partition coefficient (Wildman–Crippen LogP) is 5.95. The van der Waals surface area contributed by atoms with Crippen LogP contribution in [0.15, 0.2) is 71.6 Å². The number of sulfone groups is 1. The van der Waals surface area contributed by atoms with Gasteiger partial charge in [0, 0.05) is 11.8 Å². The highest BCUT2D eigenvalue weighted by Gasteiger charge is 2.34. The van der Waals surface area contributed by atoms with Gasteiger partial charge in [0.25, 0.3) is 0 Å². The Morgan fingerprint density at radius 2 is 1.59 bits per heavy atom. The van der Waals surface area contributed by atoms with E-state index < -0.39 is 21.6 Å². The Hall–Kier alpha value is -3.26. The molecule has 0 N–H and O–H groups in total. The van der Waals surface area contributed by atoms with Crippen molar-refractivity contribution in [3.05, 3.63) is 78.0 Å². The van der Waals surface area contributed by atoms with Crippen LogP contribution in [0.25, 0.3) is 33.4 Å². The summed E-state index contributed by atoms with van der Waals surface area (Å²) in [4.78, 5) is 8.70. The summed E-state index contributed by atoms with van der Waals surface area (Å²) in [5, 5.41) is 0. The number of fused-ring (bicyclic) bond motifs is 1. The molecule has 1 aromatic heterocycles. The van der Waals surface area contributed by atoms with Gasteiger partial charge in [-0.2, -0.15) is 13.2 Å². The molecule has 0 aliphatic heterocycles. The van der Waals surface area contributed by atoms with Gasteiger partial charge in [-0.3, -0.25) is 0 Å². The molecule has 0 amide bonds. The first kappa shape index (κ1) is 22.0. The highest BCUT2D eigenvalue weighted by molar-refractivity contribution is 7.90. The van der Waals surface area contributed by atoms with E-state index in [2.05, 4.69) is 9.97 Å². The molecule has 0 saturated carbocycles. The van der Waals surface area contributed by atoms with Crippen LogP contribution in [0.3, 0.4) is 0 Å². The van der Waals surface area contributed by atoms with Crippen LogP contribution in [-0.2, 0) is 22.4 Å². The van der Waals surface area contributed by atoms with Crippen LogP contribution in [0, 0.1) is 0 Å². The molecule has 0 atom stereocenters. The number of halogens is 3. The van der Waals surface area contributed by atoms with Crippen molar-refractivity contribution < 1.29 is 21.6 Å². The molecule has 0 fully saturated rings. The van der Waals surface area contributed by atoms with Gasteiger partial charge in [-0.15, -0.1) is 0 Å². The monoisotopic (exact) mass is 456 g/mol. The molecular weight excluding hydrogens is 437 g/mol. The molecule has 0 bridgehead atoms. The van der Waals surface area contributed by atoms with Crippen LogP contribution in [0.4, 0.5) is 13.2 Å². The molecule has 0 saturated heterocycles. The molecule has 0 radical (unpaired) electrons. The van der Waals surface area contributed by atoms with E-state index in [0.717, 1.165) is 17.9 Å². The van der Waals surface area contributed by atoms with Gasteiger partial charge in [0.15, 0.2) is 9.84 Å². The third-order valence-corrected chi connectivity index (χ3v) is 6.29. The highest BCUT2D eigenvalue weighted by Crippen LogP contribution is 2.37. The highest BCUT2D eigenvalue weighted by atomic mass is 32.2. The van der Waals surface area contributed by atoms with Crippen molar-refractivity contribution >= 4 is 20.9 Å². The Morgan fingerprint density at radius 3 is 2.22 bits per heavy atom. The van der Waals surface area contributed by atoms with E-state index in [-0.39, 0.29) is 27.2 Å². The van der Waals surface area contributed by atoms with Crippen molar-refractivity contribution in [3.8, 4) is 22.4 Å². The Morgan fingerprint density at radius 1 is 0.875 bits per heavy atom. The summed E-state index contributed by atoms with van der Waals surface area (Å²) in [7, 11) is -3.72. The molecule has 8 heteroatoms. The van der Waals surface area contributed by atoms with Gasteiger partial charge in [-0.25, -0.2) is 18.4 Å². The molecule has 0 aliphatic carbocycles. The number of nitrogens with zero attached hydrogens (tertiary/aromatic N) is 2. The molecule has 0 spiro atoms. The number of alkyl halides is 3. The van der Waals surface area contributed by atoms with Crippen molar-refractivity contribution in [2.75, 3.05) is 6.26 Å². The van der Waals surface area contributed by atoms with Crippen molar-refractivity contribution in [3.63, 3.8) is 0 Å². The van der Waals surface area contributed by atoms with Crippen molar-refractivity contribution in [2.24, 2.45) is 0 Å². The van der Waals surface area contributed by atoms with Crippen molar-refractivity contribution in [1.82, 2.24) is 9.97 Å². The van der Waals surface area contributed by atoms with E-state index in [1.165, 1.54) is 18.2 Å². The molecular formula is C24H19F3N2O2S. The number of hydrogen-bond donors (Lipinski definition) is 0. The summed E-state index contributed by atoms with van der Waals surface area (Å²) in [6.45, 7) is 1.80. The lowest BCUT2D eigenvalue weighted by atomic mass is 10.0. The minimum atomic E-state index is -4.62. The SMILES string of the molecule is CCc1nc2cccc(C(F)(F)F)c2nc1-c1ccc(-c2ccccc2)cc1S(C)(=O)=O. The number of aryl methyl sites for hydroxylation is 1. The zero-order valence-electron chi connectivity index (χ0n) is 17.3. The number of benzene rings is 3. The maximum atomic E-state index is 13.6. The van der Waals surface area contributed by atoms with Crippen LogP contribution in [0.1, 0.15) is 18.2 Å². The largest absolute Gasteiger partial charge is 0.418 e. The standard InChI is InChI=1S/C24H19F3N2O2S/c1-3-19-22(29-23-18(24(25,26)27)10-7-11-20(23)28-19)17-13-12-16(14-21(17)32(2,30)31)15-8-5-4-6-9-15/h4-14H,3H2,1-2H3. The van der Waals surface area contributed by atoms with E-state index in [1.807, 2.05) is 30.3 Å². The van der Waals surface area contributed by atoms with Crippen LogP contribution in [0.5, 0.6) is 0 Å². The maximum Gasteiger partial charge on any atom is 0.418 e. The Labute approximate surface area is 183 Å². The fourth-order valence-corrected chi connectivity index (χ4v) is 4.54. The van der Waals surface area contributed by atoms with Gasteiger partial charge in [0.05, 0.1) is 27.4 Å². The quantitative estimate of drug-likeness (QED) is 0.381. The second kappa shape index (κ2) is 8.02. The first-order chi connectivity index (χ1) is 15.1. The molecule has 1 heterocycles. The third kappa shape index (κ3) is 4.10. The number of aromatic nitrogens is 2. The molecule has 0 aliphatic rings. The second-order valence-electron chi connectivity index (χ2n) is 7.39. The van der Waals surface area contributed by atoms with E-state index in [4.69, 9.17) is 0 Å². The second-order valence-corrected chi connectivity index (χ2v) is 9.38. The van der Waals surface area contributed by atoms with Gasteiger partial charge >= 0.3 is 6.18 Å². The average Bonchev–Trinajstić information content (AvgIpc) is 2.76. The summed E-state index contributed by atoms with van der Waals surface area (Å²) in [5.41, 5.74) is 1.19. The van der Waals surface area contributed by atoms with Crippen molar-refractivity contribution in [1.29, 1.82) is 0 Å². The molecule has 32 heavy (non-hydrogen) atoms. The van der Waals surface area contributed by atoms with E-state index in [9.17, 15) is 21.6 Å². The number of hydrogen-bond acceptors (Lipinski definition) is 4. The fraction of sp³-hybridized carbons (Fsp3) is 0.167. The minimum absolute atomic E-state index is 0.00769. The van der Waals surface area contributed by atoms with E-state index in [0.29, 0.717) is 17.7 Å². The van der Waals surface area contributed by atoms with Crippen molar-refractivity contribution in [2.45, 2.75) is 24.4 Å². The van der Waals surface area contributed by atoms with E-state index >= 15 is 0 Å². The summed E-state index contributed by atoms with van der Waals surface area (Å²) in [6.07, 6.45) is -3.17. The maximum absolute atomic E-state index is 13.6. The summed E-state index contributed by atoms with van der Waals surface area (Å²) in [6, 6.07) is 17.8. The molecule has 4 aromatic rings. The lowest BCUT2D eigenvalue weighted by Gasteiger charge is -2.15. The van der Waals surface area contributed by atoms with Crippen LogP contribution < -0.4 is 0 Å². The first-order valence-corrected chi connectivity index (χ1v) is 11.8. The van der Waals surface area contributed by atoms with E-state index in [1.54, 1.807) is 19.1 Å². The molecule has 4 rings (SSSR count). The Kier molecular flexibility index (Phi) is 5.50. The molecule has 0 unspecified atom stereocenters. The predicted molar refractivity (Wildman–Crippen MR) is 118 cm³/mol. The van der Waals surface area contributed by atoms with Crippen LogP contribution in [0.2, 0.25) is 0 Å². The fourth-order valence-electron chi connectivity index (χ4n) is 3.64. The Bertz CT molecular complexity index is 1420. The van der Waals surface area contributed by atoms with Gasteiger partial charge in [-0.1, -0.05) is 55.5 Å². The van der Waals surface area contributed by atoms with Crippen LogP contribution in [-0.4, -0.2) is 24.6 Å². The average molecular weight is 456 g/mol. The van der Waals surface area contributed by atoms with Gasteiger partial charge in [0.1, 0.15) is 5.52 Å². The number of rotatable bonds is 4. The summed E-state index contributed by atoms with van der Waals surface area (Å²) < 4.78 is 66.1. The van der Waals surface area contributed by atoms with Gasteiger partial charge < -0.3 is 0 Å². The van der Waals surface area contributed by atoms with Crippen LogP contribution >= 0.6 is 0 Å². The minimum Gasteiger partial charge on any atom is -0.249 e. The van der Waals surface area contributed by atoms with Gasteiger partial charge in [0.2, 0.25) is 0 Å². The molecule has 3 aromatic carbocycles. The smallest absolute Gasteiger partial charge is 0.249 e. The summed E-state index contributed by atoms with van der Waals surface area (Å²) >= 11 is 0. The normalized spacial score (nSPS) is 12.3. The third-order valence-electron chi connectivity index (χ3n) is 5.15. The zero-order chi connectivity index (χ0) is 23.1. The molecule has 164 valence electrons. The lowest BCUT2D eigenvalue weighted by Crippen LogP contribution is -2.09. The van der Waals surface area contributed by atoms with Gasteiger partial charge in [-0.05, 0) is 35.7 Å². The topological polar surface area (TPSA) is 59.9 Å². The zero-order valence-corrected chi connectivity index (χ0v) is 18.1. The molecule has 4 nitrogen and oxygen atoms in total. The lowest BCUT2D eigenvalue weighted by molar-refractivity contribution is -0.136. The number of para-hydroxylation sites is 1. The summed E-state index contributed by atoms with van der Waals surface area (Å²) in [5.74, 6) is 0. The first-order valence-electron chi connectivity index (χ1n) is 9.86.